The van der Waals surface area contributed by atoms with Crippen molar-refractivity contribution in [2.24, 2.45) is 12.9 Å². The minimum absolute atomic E-state index is 0.0670. The molecule has 0 spiro atoms. The van der Waals surface area contributed by atoms with Gasteiger partial charge >= 0.3 is 0 Å². The predicted octanol–water partition coefficient (Wildman–Crippen LogP) is 2.24. The zero-order valence-electron chi connectivity index (χ0n) is 10.5. The highest BCUT2D eigenvalue weighted by Gasteiger charge is 2.14. The lowest BCUT2D eigenvalue weighted by atomic mass is 9.98. The maximum atomic E-state index is 5.68. The van der Waals surface area contributed by atoms with Crippen molar-refractivity contribution in [1.29, 1.82) is 0 Å². The van der Waals surface area contributed by atoms with E-state index in [0.717, 1.165) is 16.6 Å². The number of hydrogen-bond donors (Lipinski definition) is 2. The van der Waals surface area contributed by atoms with E-state index in [1.54, 1.807) is 4.68 Å². The van der Waals surface area contributed by atoms with Gasteiger partial charge in [0.2, 0.25) is 0 Å². The van der Waals surface area contributed by atoms with Gasteiger partial charge in [0.1, 0.15) is 0 Å². The van der Waals surface area contributed by atoms with Crippen LogP contribution in [0.1, 0.15) is 22.9 Å². The molecular formula is C13H17BrN4. The highest BCUT2D eigenvalue weighted by atomic mass is 79.9. The third-order valence-corrected chi connectivity index (χ3v) is 3.49. The van der Waals surface area contributed by atoms with Crippen LogP contribution in [0.4, 0.5) is 0 Å². The first kappa shape index (κ1) is 13.3. The van der Waals surface area contributed by atoms with Crippen LogP contribution in [-0.4, -0.2) is 9.78 Å². The fourth-order valence-corrected chi connectivity index (χ4v) is 2.41. The SMILES string of the molecule is Cc1ccc(Br)cc1C(Cc1ccn(C)n1)NN. The molecule has 5 heteroatoms. The Morgan fingerprint density at radius 3 is 2.83 bits per heavy atom. The molecule has 18 heavy (non-hydrogen) atoms. The lowest BCUT2D eigenvalue weighted by Gasteiger charge is -2.18. The average Bonchev–Trinajstić information content (AvgIpc) is 2.75. The molecule has 1 heterocycles. The maximum absolute atomic E-state index is 5.68. The number of halogens is 1. The molecule has 0 aliphatic rings. The second kappa shape index (κ2) is 5.65. The molecule has 0 fully saturated rings. The van der Waals surface area contributed by atoms with Crippen molar-refractivity contribution in [1.82, 2.24) is 15.2 Å². The van der Waals surface area contributed by atoms with Crippen LogP contribution in [0.25, 0.3) is 0 Å². The largest absolute Gasteiger partial charge is 0.276 e. The van der Waals surface area contributed by atoms with Gasteiger partial charge in [-0.05, 0) is 36.2 Å². The maximum Gasteiger partial charge on any atom is 0.0643 e. The van der Waals surface area contributed by atoms with Crippen LogP contribution in [0, 0.1) is 6.92 Å². The molecule has 1 atom stereocenters. The Morgan fingerprint density at radius 1 is 1.44 bits per heavy atom. The van der Waals surface area contributed by atoms with Gasteiger partial charge in [-0.1, -0.05) is 22.0 Å². The average molecular weight is 309 g/mol. The molecule has 2 aromatic rings. The van der Waals surface area contributed by atoms with Gasteiger partial charge in [-0.3, -0.25) is 16.0 Å². The van der Waals surface area contributed by atoms with Crippen LogP contribution in [0.15, 0.2) is 34.9 Å². The Kier molecular flexibility index (Phi) is 4.16. The summed E-state index contributed by atoms with van der Waals surface area (Å²) in [6.45, 7) is 2.09. The van der Waals surface area contributed by atoms with Gasteiger partial charge in [-0.2, -0.15) is 5.10 Å². The molecule has 0 saturated carbocycles. The van der Waals surface area contributed by atoms with Crippen molar-refractivity contribution in [2.45, 2.75) is 19.4 Å². The van der Waals surface area contributed by atoms with Crippen LogP contribution >= 0.6 is 15.9 Å². The summed E-state index contributed by atoms with van der Waals surface area (Å²) in [6.07, 6.45) is 2.71. The summed E-state index contributed by atoms with van der Waals surface area (Å²) >= 11 is 3.50. The van der Waals surface area contributed by atoms with Crippen molar-refractivity contribution >= 4 is 15.9 Å². The third kappa shape index (κ3) is 2.98. The zero-order chi connectivity index (χ0) is 13.1. The van der Waals surface area contributed by atoms with Crippen molar-refractivity contribution in [3.8, 4) is 0 Å². The van der Waals surface area contributed by atoms with Gasteiger partial charge in [0, 0.05) is 24.1 Å². The summed E-state index contributed by atoms with van der Waals surface area (Å²) in [5.41, 5.74) is 6.31. The van der Waals surface area contributed by atoms with Gasteiger partial charge in [0.25, 0.3) is 0 Å². The van der Waals surface area contributed by atoms with E-state index in [0.29, 0.717) is 0 Å². The van der Waals surface area contributed by atoms with Crippen molar-refractivity contribution in [2.75, 3.05) is 0 Å². The number of hydrogen-bond acceptors (Lipinski definition) is 3. The molecule has 0 amide bonds. The number of benzene rings is 1. The van der Waals surface area contributed by atoms with E-state index in [2.05, 4.69) is 45.5 Å². The van der Waals surface area contributed by atoms with Gasteiger partial charge < -0.3 is 0 Å². The third-order valence-electron chi connectivity index (χ3n) is 3.00. The van der Waals surface area contributed by atoms with E-state index >= 15 is 0 Å². The minimum atomic E-state index is 0.0670. The Bertz CT molecular complexity index is 536. The van der Waals surface area contributed by atoms with Crippen LogP contribution < -0.4 is 11.3 Å². The highest BCUT2D eigenvalue weighted by molar-refractivity contribution is 9.10. The van der Waals surface area contributed by atoms with Crippen LogP contribution in [0.5, 0.6) is 0 Å². The van der Waals surface area contributed by atoms with Crippen molar-refractivity contribution in [3.63, 3.8) is 0 Å². The molecule has 0 aliphatic heterocycles. The molecule has 1 aromatic carbocycles. The quantitative estimate of drug-likeness (QED) is 0.673. The second-order valence-corrected chi connectivity index (χ2v) is 5.32. The summed E-state index contributed by atoms with van der Waals surface area (Å²) in [7, 11) is 1.92. The molecule has 0 saturated heterocycles. The molecule has 4 nitrogen and oxygen atoms in total. The molecular weight excluding hydrogens is 292 g/mol. The summed E-state index contributed by atoms with van der Waals surface area (Å²) in [5, 5.41) is 4.39. The molecule has 1 unspecified atom stereocenters. The standard InChI is InChI=1S/C13H17BrN4/c1-9-3-4-10(14)7-12(9)13(16-15)8-11-5-6-18(2)17-11/h3-7,13,16H,8,15H2,1-2H3. The van der Waals surface area contributed by atoms with E-state index in [4.69, 9.17) is 5.84 Å². The summed E-state index contributed by atoms with van der Waals surface area (Å²) in [5.74, 6) is 5.68. The van der Waals surface area contributed by atoms with E-state index in [1.165, 1.54) is 11.1 Å². The first-order chi connectivity index (χ1) is 8.60. The number of hydrazine groups is 1. The first-order valence-corrected chi connectivity index (χ1v) is 6.60. The Morgan fingerprint density at radius 2 is 2.22 bits per heavy atom. The number of nitrogens with one attached hydrogen (secondary N) is 1. The fraction of sp³-hybridized carbons (Fsp3) is 0.308. The molecule has 0 radical (unpaired) electrons. The molecule has 96 valence electrons. The molecule has 3 N–H and O–H groups in total. The molecule has 0 aliphatic carbocycles. The Hall–Kier alpha value is -1.17. The normalized spacial score (nSPS) is 12.7. The number of nitrogens with two attached hydrogens (primary N) is 1. The Balaban J connectivity index is 2.25. The second-order valence-electron chi connectivity index (χ2n) is 4.41. The van der Waals surface area contributed by atoms with E-state index < -0.39 is 0 Å². The summed E-state index contributed by atoms with van der Waals surface area (Å²) in [6, 6.07) is 8.30. The number of nitrogens with zero attached hydrogens (tertiary/aromatic N) is 2. The lowest BCUT2D eigenvalue weighted by Crippen LogP contribution is -2.30. The molecule has 1 aromatic heterocycles. The first-order valence-electron chi connectivity index (χ1n) is 5.81. The smallest absolute Gasteiger partial charge is 0.0643 e. The van der Waals surface area contributed by atoms with Gasteiger partial charge in [-0.25, -0.2) is 0 Å². The Labute approximate surface area is 115 Å². The fourth-order valence-electron chi connectivity index (χ4n) is 2.03. The summed E-state index contributed by atoms with van der Waals surface area (Å²) in [4.78, 5) is 0. The van der Waals surface area contributed by atoms with Gasteiger partial charge in [0.15, 0.2) is 0 Å². The van der Waals surface area contributed by atoms with Crippen LogP contribution in [-0.2, 0) is 13.5 Å². The van der Waals surface area contributed by atoms with Crippen LogP contribution in [0.2, 0.25) is 0 Å². The zero-order valence-corrected chi connectivity index (χ0v) is 12.1. The van der Waals surface area contributed by atoms with Crippen molar-refractivity contribution in [3.05, 3.63) is 51.8 Å². The van der Waals surface area contributed by atoms with Gasteiger partial charge in [-0.15, -0.1) is 0 Å². The predicted molar refractivity (Wildman–Crippen MR) is 75.9 cm³/mol. The highest BCUT2D eigenvalue weighted by Crippen LogP contribution is 2.24. The summed E-state index contributed by atoms with van der Waals surface area (Å²) < 4.78 is 2.86. The lowest BCUT2D eigenvalue weighted by molar-refractivity contribution is 0.539. The van der Waals surface area contributed by atoms with Crippen LogP contribution in [0.3, 0.4) is 0 Å². The molecule has 2 rings (SSSR count). The molecule has 0 bridgehead atoms. The number of aryl methyl sites for hydroxylation is 2. The van der Waals surface area contributed by atoms with Gasteiger partial charge in [0.05, 0.1) is 11.7 Å². The number of rotatable bonds is 4. The van der Waals surface area contributed by atoms with E-state index in [1.807, 2.05) is 25.4 Å². The van der Waals surface area contributed by atoms with E-state index in [9.17, 15) is 0 Å². The monoisotopic (exact) mass is 308 g/mol. The van der Waals surface area contributed by atoms with E-state index in [-0.39, 0.29) is 6.04 Å². The number of aromatic nitrogens is 2. The topological polar surface area (TPSA) is 55.9 Å². The minimum Gasteiger partial charge on any atom is -0.276 e. The van der Waals surface area contributed by atoms with Crippen molar-refractivity contribution < 1.29 is 0 Å².